The fourth-order valence-corrected chi connectivity index (χ4v) is 2.02. The van der Waals surface area contributed by atoms with E-state index in [9.17, 15) is 0 Å². The number of hydrogen-bond donors (Lipinski definition) is 0. The molecular formula is C17H14S. The Morgan fingerprint density at radius 1 is 0.889 bits per heavy atom. The fourth-order valence-electron chi connectivity index (χ4n) is 1.48. The van der Waals surface area contributed by atoms with Crippen molar-refractivity contribution in [3.05, 3.63) is 78.4 Å². The van der Waals surface area contributed by atoms with E-state index in [4.69, 9.17) is 0 Å². The molecule has 0 spiro atoms. The van der Waals surface area contributed by atoms with E-state index in [0.29, 0.717) is 0 Å². The average molecular weight is 250 g/mol. The maximum absolute atomic E-state index is 3.07. The minimum atomic E-state index is 0.936. The average Bonchev–Trinajstić information content (AvgIpc) is 2.45. The summed E-state index contributed by atoms with van der Waals surface area (Å²) < 4.78 is 0. The van der Waals surface area contributed by atoms with Gasteiger partial charge < -0.3 is 0 Å². The highest BCUT2D eigenvalue weighted by Gasteiger charge is 1.86. The Morgan fingerprint density at radius 2 is 1.56 bits per heavy atom. The number of hydrogen-bond acceptors (Lipinski definition) is 1. The summed E-state index contributed by atoms with van der Waals surface area (Å²) in [5.41, 5.74) is 1.31. The van der Waals surface area contributed by atoms with E-state index < -0.39 is 0 Å². The maximum Gasteiger partial charge on any atom is 0.0203 e. The molecule has 2 rings (SSSR count). The highest BCUT2D eigenvalue weighted by molar-refractivity contribution is 8.03. The van der Waals surface area contributed by atoms with Crippen LogP contribution in [0.4, 0.5) is 0 Å². The van der Waals surface area contributed by atoms with Crippen LogP contribution in [0.5, 0.6) is 0 Å². The minimum Gasteiger partial charge on any atom is -0.0717 e. The van der Waals surface area contributed by atoms with Crippen LogP contribution in [0.2, 0.25) is 0 Å². The van der Waals surface area contributed by atoms with E-state index in [1.54, 1.807) is 11.8 Å². The second kappa shape index (κ2) is 7.42. The van der Waals surface area contributed by atoms with Crippen LogP contribution < -0.4 is 0 Å². The largest absolute Gasteiger partial charge is 0.0717 e. The SMILES string of the molecule is C(#CSc1ccccc1)/C=C\Cc1ccccc1. The lowest BCUT2D eigenvalue weighted by atomic mass is 10.1. The first kappa shape index (κ1) is 12.5. The van der Waals surface area contributed by atoms with Crippen LogP contribution in [0.25, 0.3) is 0 Å². The summed E-state index contributed by atoms with van der Waals surface area (Å²) in [4.78, 5) is 1.18. The number of allylic oxidation sites excluding steroid dienone is 2. The molecule has 88 valence electrons. The third-order valence-electron chi connectivity index (χ3n) is 2.37. The van der Waals surface area contributed by atoms with Gasteiger partial charge in [0.25, 0.3) is 0 Å². The Labute approximate surface area is 113 Å². The molecule has 0 N–H and O–H groups in total. The molecule has 1 heteroatoms. The highest BCUT2D eigenvalue weighted by atomic mass is 32.2. The molecule has 0 aliphatic heterocycles. The van der Waals surface area contributed by atoms with Gasteiger partial charge in [-0.05, 0) is 47.2 Å². The van der Waals surface area contributed by atoms with Crippen LogP contribution in [0.3, 0.4) is 0 Å². The van der Waals surface area contributed by atoms with E-state index in [1.165, 1.54) is 10.5 Å². The molecular weight excluding hydrogens is 236 g/mol. The molecule has 0 nitrogen and oxygen atoms in total. The first-order valence-electron chi connectivity index (χ1n) is 5.86. The summed E-state index contributed by atoms with van der Waals surface area (Å²) in [6.45, 7) is 0. The van der Waals surface area contributed by atoms with Gasteiger partial charge in [0.05, 0.1) is 0 Å². The monoisotopic (exact) mass is 250 g/mol. The standard InChI is InChI=1S/C17H14S/c1-4-10-16(11-5-1)12-6-3-9-15-18-17-13-7-2-8-14-17/h1-8,10-11,13-14H,12H2/b6-3-. The molecule has 0 saturated heterocycles. The second-order valence-electron chi connectivity index (χ2n) is 3.75. The van der Waals surface area contributed by atoms with Crippen LogP contribution in [0.15, 0.2) is 77.7 Å². The predicted molar refractivity (Wildman–Crippen MR) is 79.4 cm³/mol. The van der Waals surface area contributed by atoms with Crippen LogP contribution in [-0.2, 0) is 6.42 Å². The molecule has 0 aromatic heterocycles. The quantitative estimate of drug-likeness (QED) is 0.569. The molecule has 0 atom stereocenters. The minimum absolute atomic E-state index is 0.936. The Hall–Kier alpha value is -1.91. The van der Waals surface area contributed by atoms with Gasteiger partial charge in [-0.2, -0.15) is 0 Å². The van der Waals surface area contributed by atoms with Crippen molar-refractivity contribution in [1.82, 2.24) is 0 Å². The summed E-state index contributed by atoms with van der Waals surface area (Å²) in [5, 5.41) is 3.07. The van der Waals surface area contributed by atoms with Gasteiger partial charge >= 0.3 is 0 Å². The first-order valence-corrected chi connectivity index (χ1v) is 6.68. The molecule has 0 radical (unpaired) electrons. The lowest BCUT2D eigenvalue weighted by molar-refractivity contribution is 1.27. The van der Waals surface area contributed by atoms with Gasteiger partial charge in [-0.25, -0.2) is 0 Å². The van der Waals surface area contributed by atoms with Crippen molar-refractivity contribution in [1.29, 1.82) is 0 Å². The van der Waals surface area contributed by atoms with Crippen LogP contribution in [-0.4, -0.2) is 0 Å². The zero-order chi connectivity index (χ0) is 12.5. The van der Waals surface area contributed by atoms with Crippen molar-refractivity contribution >= 4 is 11.8 Å². The lowest BCUT2D eigenvalue weighted by Crippen LogP contribution is -1.77. The van der Waals surface area contributed by atoms with Gasteiger partial charge in [0.1, 0.15) is 0 Å². The molecule has 0 fully saturated rings. The highest BCUT2D eigenvalue weighted by Crippen LogP contribution is 2.14. The predicted octanol–water partition coefficient (Wildman–Crippen LogP) is 4.54. The van der Waals surface area contributed by atoms with Gasteiger partial charge in [0.2, 0.25) is 0 Å². The normalized spacial score (nSPS) is 10.0. The van der Waals surface area contributed by atoms with E-state index in [1.807, 2.05) is 30.3 Å². The number of thioether (sulfide) groups is 1. The smallest absolute Gasteiger partial charge is 0.0203 e. The lowest BCUT2D eigenvalue weighted by Gasteiger charge is -1.92. The summed E-state index contributed by atoms with van der Waals surface area (Å²) in [6.07, 6.45) is 4.95. The Morgan fingerprint density at radius 3 is 2.28 bits per heavy atom. The first-order chi connectivity index (χ1) is 8.95. The van der Waals surface area contributed by atoms with Crippen LogP contribution in [0.1, 0.15) is 5.56 Å². The summed E-state index contributed by atoms with van der Waals surface area (Å²) in [5.74, 6) is 3.04. The Bertz CT molecular complexity index is 544. The molecule has 18 heavy (non-hydrogen) atoms. The van der Waals surface area contributed by atoms with Crippen molar-refractivity contribution in [2.75, 3.05) is 0 Å². The molecule has 0 saturated carbocycles. The van der Waals surface area contributed by atoms with E-state index in [0.717, 1.165) is 6.42 Å². The van der Waals surface area contributed by atoms with Crippen molar-refractivity contribution in [3.63, 3.8) is 0 Å². The maximum atomic E-state index is 3.07. The van der Waals surface area contributed by atoms with Crippen LogP contribution >= 0.6 is 11.8 Å². The third-order valence-corrected chi connectivity index (χ3v) is 3.10. The van der Waals surface area contributed by atoms with Gasteiger partial charge in [-0.3, -0.25) is 0 Å². The number of rotatable bonds is 3. The molecule has 0 aliphatic carbocycles. The van der Waals surface area contributed by atoms with Gasteiger partial charge in [-0.1, -0.05) is 60.5 Å². The Balaban J connectivity index is 1.78. The zero-order valence-electron chi connectivity index (χ0n) is 10.0. The van der Waals surface area contributed by atoms with Gasteiger partial charge in [0, 0.05) is 4.90 Å². The summed E-state index contributed by atoms with van der Waals surface area (Å²) in [7, 11) is 0. The van der Waals surface area contributed by atoms with Crippen LogP contribution in [0, 0.1) is 11.2 Å². The summed E-state index contributed by atoms with van der Waals surface area (Å²) >= 11 is 1.55. The van der Waals surface area contributed by atoms with Crippen molar-refractivity contribution in [2.45, 2.75) is 11.3 Å². The van der Waals surface area contributed by atoms with E-state index in [2.05, 4.69) is 53.6 Å². The zero-order valence-corrected chi connectivity index (χ0v) is 10.9. The molecule has 2 aromatic rings. The molecule has 0 heterocycles. The fraction of sp³-hybridized carbons (Fsp3) is 0.0588. The van der Waals surface area contributed by atoms with Gasteiger partial charge in [-0.15, -0.1) is 0 Å². The second-order valence-corrected chi connectivity index (χ2v) is 4.63. The van der Waals surface area contributed by atoms with E-state index in [-0.39, 0.29) is 0 Å². The van der Waals surface area contributed by atoms with Gasteiger partial charge in [0.15, 0.2) is 0 Å². The summed E-state index contributed by atoms with van der Waals surface area (Å²) in [6, 6.07) is 20.6. The third kappa shape index (κ3) is 4.53. The molecule has 0 aliphatic rings. The van der Waals surface area contributed by atoms with Crippen molar-refractivity contribution < 1.29 is 0 Å². The topological polar surface area (TPSA) is 0 Å². The Kier molecular flexibility index (Phi) is 5.17. The number of benzene rings is 2. The molecule has 0 unspecified atom stereocenters. The molecule has 0 bridgehead atoms. The van der Waals surface area contributed by atoms with Crippen molar-refractivity contribution in [3.8, 4) is 11.2 Å². The van der Waals surface area contributed by atoms with Crippen molar-refractivity contribution in [2.24, 2.45) is 0 Å². The molecule has 2 aromatic carbocycles. The van der Waals surface area contributed by atoms with E-state index >= 15 is 0 Å². The molecule has 0 amide bonds.